The van der Waals surface area contributed by atoms with E-state index in [9.17, 15) is 22.0 Å². The highest BCUT2D eigenvalue weighted by atomic mass is 19.4. The summed E-state index contributed by atoms with van der Waals surface area (Å²) in [6.45, 7) is 4.67. The molecule has 3 unspecified atom stereocenters. The molecule has 1 saturated carbocycles. The van der Waals surface area contributed by atoms with E-state index in [0.717, 1.165) is 4.68 Å². The Balaban J connectivity index is 2.27. The zero-order valence-electron chi connectivity index (χ0n) is 10.6. The molecular formula is C12H13F5N2. The van der Waals surface area contributed by atoms with Crippen LogP contribution in [0, 0.1) is 11.8 Å². The first-order valence-corrected chi connectivity index (χ1v) is 6.16. The topological polar surface area (TPSA) is 17.8 Å². The van der Waals surface area contributed by atoms with Gasteiger partial charge in [0.1, 0.15) is 5.69 Å². The lowest BCUT2D eigenvalue weighted by atomic mass is 10.1. The summed E-state index contributed by atoms with van der Waals surface area (Å²) in [6, 6.07) is -0.525. The molecular weight excluding hydrogens is 267 g/mol. The predicted molar refractivity (Wildman–Crippen MR) is 56.9 cm³/mol. The fourth-order valence-electron chi connectivity index (χ4n) is 3.30. The normalized spacial score (nSPS) is 31.5. The molecule has 19 heavy (non-hydrogen) atoms. The first-order chi connectivity index (χ1) is 8.58. The van der Waals surface area contributed by atoms with Crippen molar-refractivity contribution in [3.8, 4) is 0 Å². The first-order valence-electron chi connectivity index (χ1n) is 6.16. The van der Waals surface area contributed by atoms with Crippen LogP contribution in [0.2, 0.25) is 0 Å². The highest BCUT2D eigenvalue weighted by molar-refractivity contribution is 5.48. The van der Waals surface area contributed by atoms with Crippen LogP contribution in [0.1, 0.15) is 49.7 Å². The van der Waals surface area contributed by atoms with Crippen molar-refractivity contribution in [2.24, 2.45) is 11.8 Å². The quantitative estimate of drug-likeness (QED) is 0.712. The number of hydrogen-bond donors (Lipinski definition) is 0. The van der Waals surface area contributed by atoms with E-state index in [2.05, 4.69) is 5.10 Å². The number of nitrogens with zero attached hydrogens (tertiary/aromatic N) is 2. The molecule has 2 nitrogen and oxygen atoms in total. The van der Waals surface area contributed by atoms with Crippen LogP contribution in [0.25, 0.3) is 0 Å². The van der Waals surface area contributed by atoms with E-state index < -0.39 is 47.3 Å². The van der Waals surface area contributed by atoms with Crippen molar-refractivity contribution in [3.05, 3.63) is 17.0 Å². The van der Waals surface area contributed by atoms with E-state index in [1.54, 1.807) is 20.8 Å². The highest BCUT2D eigenvalue weighted by Gasteiger charge is 2.72. The third-order valence-corrected chi connectivity index (χ3v) is 4.15. The van der Waals surface area contributed by atoms with Gasteiger partial charge in [0.25, 0.3) is 5.92 Å². The van der Waals surface area contributed by atoms with Gasteiger partial charge in [0.05, 0.1) is 0 Å². The highest BCUT2D eigenvalue weighted by Crippen LogP contribution is 2.72. The van der Waals surface area contributed by atoms with Crippen LogP contribution >= 0.6 is 0 Å². The van der Waals surface area contributed by atoms with Gasteiger partial charge in [-0.3, -0.25) is 4.68 Å². The Hall–Kier alpha value is -1.14. The van der Waals surface area contributed by atoms with Gasteiger partial charge in [-0.15, -0.1) is 0 Å². The summed E-state index contributed by atoms with van der Waals surface area (Å²) in [5, 5.41) is 3.42. The largest absolute Gasteiger partial charge is 0.435 e. The Morgan fingerprint density at radius 1 is 1.26 bits per heavy atom. The Bertz CT molecular complexity index is 543. The maximum absolute atomic E-state index is 14.2. The molecule has 2 aliphatic rings. The van der Waals surface area contributed by atoms with Gasteiger partial charge in [0.2, 0.25) is 0 Å². The molecule has 3 atom stereocenters. The molecule has 0 aromatic carbocycles. The SMILES string of the molecule is CC1C2c3c(C(F)(F)F)nn(C(C)C)c3C(F)(F)C12. The van der Waals surface area contributed by atoms with Gasteiger partial charge >= 0.3 is 6.18 Å². The minimum absolute atomic E-state index is 0.274. The predicted octanol–water partition coefficient (Wildman–Crippen LogP) is 3.94. The van der Waals surface area contributed by atoms with E-state index in [1.807, 2.05) is 0 Å². The number of halogens is 5. The number of rotatable bonds is 1. The number of hydrogen-bond acceptors (Lipinski definition) is 1. The average molecular weight is 280 g/mol. The van der Waals surface area contributed by atoms with Gasteiger partial charge in [-0.05, 0) is 19.8 Å². The molecule has 0 amide bonds. The fraction of sp³-hybridized carbons (Fsp3) is 0.750. The van der Waals surface area contributed by atoms with Crippen LogP contribution in [0.5, 0.6) is 0 Å². The Labute approximate surface area is 106 Å². The molecule has 0 aliphatic heterocycles. The lowest BCUT2D eigenvalue weighted by Crippen LogP contribution is -2.22. The van der Waals surface area contributed by atoms with Gasteiger partial charge in [-0.25, -0.2) is 0 Å². The van der Waals surface area contributed by atoms with Crippen molar-refractivity contribution in [2.75, 3.05) is 0 Å². The van der Waals surface area contributed by atoms with E-state index in [-0.39, 0.29) is 5.56 Å². The maximum atomic E-state index is 14.2. The number of aromatic nitrogens is 2. The molecule has 1 aromatic rings. The maximum Gasteiger partial charge on any atom is 0.435 e. The molecule has 0 N–H and O–H groups in total. The van der Waals surface area contributed by atoms with E-state index in [0.29, 0.717) is 0 Å². The molecule has 1 aromatic heterocycles. The van der Waals surface area contributed by atoms with Crippen LogP contribution in [0.15, 0.2) is 0 Å². The van der Waals surface area contributed by atoms with E-state index in [1.165, 1.54) is 0 Å². The van der Waals surface area contributed by atoms with Gasteiger partial charge in [-0.2, -0.15) is 27.1 Å². The van der Waals surface area contributed by atoms with Gasteiger partial charge < -0.3 is 0 Å². The van der Waals surface area contributed by atoms with Crippen molar-refractivity contribution in [1.29, 1.82) is 0 Å². The van der Waals surface area contributed by atoms with Crippen LogP contribution in [0.4, 0.5) is 22.0 Å². The molecule has 1 heterocycles. The van der Waals surface area contributed by atoms with Crippen molar-refractivity contribution in [3.63, 3.8) is 0 Å². The number of fused-ring (bicyclic) bond motifs is 3. The Morgan fingerprint density at radius 3 is 2.32 bits per heavy atom. The summed E-state index contributed by atoms with van der Waals surface area (Å²) in [6.07, 6.45) is -4.68. The minimum atomic E-state index is -4.68. The van der Waals surface area contributed by atoms with Crippen LogP contribution < -0.4 is 0 Å². The molecule has 0 bridgehead atoms. The average Bonchev–Trinajstić information content (AvgIpc) is 2.68. The van der Waals surface area contributed by atoms with Crippen LogP contribution in [0.3, 0.4) is 0 Å². The second-order valence-corrected chi connectivity index (χ2v) is 5.68. The lowest BCUT2D eigenvalue weighted by molar-refractivity contribution is -0.142. The first kappa shape index (κ1) is 12.9. The molecule has 7 heteroatoms. The summed E-state index contributed by atoms with van der Waals surface area (Å²) in [7, 11) is 0. The summed E-state index contributed by atoms with van der Waals surface area (Å²) in [5.74, 6) is -5.31. The standard InChI is InChI=1S/C12H13F5N2/c1-4(2)19-10-7(9(18-19)12(15,16)17)6-5(3)8(6)11(10,13)14/h4-6,8H,1-3H3. The van der Waals surface area contributed by atoms with Crippen molar-refractivity contribution in [2.45, 2.75) is 44.8 Å². The lowest BCUT2D eigenvalue weighted by Gasteiger charge is -2.18. The van der Waals surface area contributed by atoms with Crippen molar-refractivity contribution in [1.82, 2.24) is 9.78 Å². The third kappa shape index (κ3) is 1.44. The molecule has 1 fully saturated rings. The van der Waals surface area contributed by atoms with Crippen LogP contribution in [-0.2, 0) is 12.1 Å². The summed E-state index contributed by atoms with van der Waals surface area (Å²) in [5.41, 5.74) is -1.93. The van der Waals surface area contributed by atoms with E-state index in [4.69, 9.17) is 0 Å². The van der Waals surface area contributed by atoms with Gasteiger partial charge in [0.15, 0.2) is 5.69 Å². The molecule has 0 spiro atoms. The molecule has 3 rings (SSSR count). The smallest absolute Gasteiger partial charge is 0.260 e. The zero-order valence-corrected chi connectivity index (χ0v) is 10.6. The fourth-order valence-corrected chi connectivity index (χ4v) is 3.30. The third-order valence-electron chi connectivity index (χ3n) is 4.15. The van der Waals surface area contributed by atoms with Gasteiger partial charge in [-0.1, -0.05) is 6.92 Å². The summed E-state index contributed by atoms with van der Waals surface area (Å²) in [4.78, 5) is 0. The Morgan fingerprint density at radius 2 is 1.84 bits per heavy atom. The summed E-state index contributed by atoms with van der Waals surface area (Å²) >= 11 is 0. The minimum Gasteiger partial charge on any atom is -0.260 e. The molecule has 2 aliphatic carbocycles. The van der Waals surface area contributed by atoms with Gasteiger partial charge in [0, 0.05) is 23.4 Å². The number of alkyl halides is 5. The molecule has 106 valence electrons. The van der Waals surface area contributed by atoms with Crippen LogP contribution in [-0.4, -0.2) is 9.78 Å². The van der Waals surface area contributed by atoms with E-state index >= 15 is 0 Å². The Kier molecular flexibility index (Phi) is 2.23. The summed E-state index contributed by atoms with van der Waals surface area (Å²) < 4.78 is 68.2. The second-order valence-electron chi connectivity index (χ2n) is 5.68. The van der Waals surface area contributed by atoms with Crippen molar-refractivity contribution < 1.29 is 22.0 Å². The monoisotopic (exact) mass is 280 g/mol. The van der Waals surface area contributed by atoms with Crippen molar-refractivity contribution >= 4 is 0 Å². The molecule has 0 radical (unpaired) electrons. The second kappa shape index (κ2) is 3.30. The zero-order chi connectivity index (χ0) is 14.3. The molecule has 0 saturated heterocycles.